The Balaban J connectivity index is 4.26. The molecule has 0 fully saturated rings. The van der Waals surface area contributed by atoms with E-state index in [0.717, 1.165) is 0 Å². The smallest absolute Gasteiger partial charge is 0.390 e. The maximum Gasteiger partial charge on any atom is 0.390 e. The van der Waals surface area contributed by atoms with Crippen molar-refractivity contribution >= 4 is 17.5 Å². The van der Waals surface area contributed by atoms with Gasteiger partial charge in [-0.3, -0.25) is 9.68 Å². The van der Waals surface area contributed by atoms with E-state index in [1.54, 1.807) is 6.92 Å². The Kier molecular flexibility index (Phi) is 6.30. The van der Waals surface area contributed by atoms with Gasteiger partial charge in [0, 0.05) is 0 Å². The van der Waals surface area contributed by atoms with Gasteiger partial charge < -0.3 is 4.84 Å². The minimum Gasteiger partial charge on any atom is -0.399 e. The van der Waals surface area contributed by atoms with Crippen LogP contribution < -0.4 is 0 Å². The molecule has 0 aromatic rings. The third-order valence-corrected chi connectivity index (χ3v) is 1.11. The second kappa shape index (κ2) is 7.02. The molecule has 0 aliphatic rings. The van der Waals surface area contributed by atoms with Gasteiger partial charge in [0.05, 0.1) is 13.0 Å². The fraction of sp³-hybridized carbons (Fsp3) is 0.625. The van der Waals surface area contributed by atoms with Gasteiger partial charge >= 0.3 is 5.97 Å². The summed E-state index contributed by atoms with van der Waals surface area (Å²) >= 11 is 0. The fourth-order valence-electron chi connectivity index (χ4n) is 0.648. The molecule has 0 heterocycles. The molecule has 0 N–H and O–H groups in total. The Morgan fingerprint density at radius 2 is 2.00 bits per heavy atom. The molecule has 0 aliphatic heterocycles. The summed E-state index contributed by atoms with van der Waals surface area (Å²) in [5.74, 6) is -1.03. The monoisotopic (exact) mass is 203 g/mol. The Morgan fingerprint density at radius 3 is 2.43 bits per heavy atom. The van der Waals surface area contributed by atoms with Crippen molar-refractivity contribution in [2.24, 2.45) is 5.16 Å². The Labute approximate surface area is 81.7 Å². The molecule has 0 saturated heterocycles. The van der Waals surface area contributed by atoms with Crippen LogP contribution >= 0.6 is 0 Å². The summed E-state index contributed by atoms with van der Waals surface area (Å²) in [5.41, 5.74) is -0.117. The van der Waals surface area contributed by atoms with E-state index in [2.05, 4.69) is 19.8 Å². The van der Waals surface area contributed by atoms with Crippen molar-refractivity contribution in [2.75, 3.05) is 13.7 Å². The third kappa shape index (κ3) is 5.26. The van der Waals surface area contributed by atoms with Gasteiger partial charge in [-0.05, 0) is 13.8 Å². The molecule has 0 saturated carbocycles. The number of ketones is 1. The van der Waals surface area contributed by atoms with Crippen molar-refractivity contribution < 1.29 is 24.2 Å². The summed E-state index contributed by atoms with van der Waals surface area (Å²) < 4.78 is 0. The van der Waals surface area contributed by atoms with E-state index in [4.69, 9.17) is 0 Å². The molecule has 0 atom stereocenters. The van der Waals surface area contributed by atoms with Crippen LogP contribution in [0.1, 0.15) is 20.3 Å². The summed E-state index contributed by atoms with van der Waals surface area (Å²) in [7, 11) is 1.27. The highest BCUT2D eigenvalue weighted by atomic mass is 17.2. The molecule has 0 unspecified atom stereocenters. The maximum absolute atomic E-state index is 11.1. The second-order valence-corrected chi connectivity index (χ2v) is 2.38. The van der Waals surface area contributed by atoms with E-state index in [0.29, 0.717) is 0 Å². The van der Waals surface area contributed by atoms with Crippen LogP contribution in [0.3, 0.4) is 0 Å². The minimum atomic E-state index is -0.816. The topological polar surface area (TPSA) is 74.2 Å². The lowest BCUT2D eigenvalue weighted by Crippen LogP contribution is -2.20. The van der Waals surface area contributed by atoms with Gasteiger partial charge in [0.2, 0.25) is 0 Å². The molecule has 0 aromatic heterocycles. The molecule has 0 rings (SSSR count). The molecule has 0 spiro atoms. The van der Waals surface area contributed by atoms with E-state index >= 15 is 0 Å². The summed E-state index contributed by atoms with van der Waals surface area (Å²) in [6.45, 7) is 3.22. The van der Waals surface area contributed by atoms with Crippen molar-refractivity contribution in [3.8, 4) is 0 Å². The largest absolute Gasteiger partial charge is 0.399 e. The molecule has 0 aliphatic carbocycles. The molecule has 0 aromatic carbocycles. The van der Waals surface area contributed by atoms with Crippen LogP contribution in [-0.4, -0.2) is 31.2 Å². The number of nitrogens with zero attached hydrogens (tertiary/aromatic N) is 1. The number of hydrogen-bond acceptors (Lipinski definition) is 6. The lowest BCUT2D eigenvalue weighted by atomic mass is 10.2. The van der Waals surface area contributed by atoms with Gasteiger partial charge in [0.15, 0.2) is 5.71 Å². The number of carbonyl (C=O) groups excluding carboxylic acids is 2. The lowest BCUT2D eigenvalue weighted by molar-refractivity contribution is -0.262. The highest BCUT2D eigenvalue weighted by Gasteiger charge is 2.17. The summed E-state index contributed by atoms with van der Waals surface area (Å²) in [6.07, 6.45) is -0.139. The zero-order valence-electron chi connectivity index (χ0n) is 8.40. The second-order valence-electron chi connectivity index (χ2n) is 2.38. The first-order chi connectivity index (χ1) is 6.61. The van der Waals surface area contributed by atoms with Crippen molar-refractivity contribution in [1.29, 1.82) is 0 Å². The number of hydrogen-bond donors (Lipinski definition) is 0. The number of carbonyl (C=O) groups is 2. The summed E-state index contributed by atoms with van der Waals surface area (Å²) in [5, 5.41) is 3.36. The van der Waals surface area contributed by atoms with E-state index in [-0.39, 0.29) is 24.5 Å². The first-order valence-corrected chi connectivity index (χ1v) is 4.05. The molecule has 0 amide bonds. The van der Waals surface area contributed by atoms with Gasteiger partial charge in [-0.2, -0.15) is 4.89 Å². The molecule has 6 nitrogen and oxygen atoms in total. The van der Waals surface area contributed by atoms with Crippen LogP contribution in [0, 0.1) is 0 Å². The van der Waals surface area contributed by atoms with Gasteiger partial charge in [0.25, 0.3) is 0 Å². The van der Waals surface area contributed by atoms with Crippen LogP contribution in [0.15, 0.2) is 5.16 Å². The first-order valence-electron chi connectivity index (χ1n) is 4.05. The fourth-order valence-corrected chi connectivity index (χ4v) is 0.648. The van der Waals surface area contributed by atoms with Crippen molar-refractivity contribution in [2.45, 2.75) is 20.3 Å². The Hall–Kier alpha value is -1.43. The Morgan fingerprint density at radius 1 is 1.36 bits per heavy atom. The molecule has 80 valence electrons. The SMILES string of the molecule is CCOOC(=O)C(CC(C)=O)=NOC. The molecular formula is C8H13NO5. The zero-order valence-corrected chi connectivity index (χ0v) is 8.40. The summed E-state index contributed by atoms with van der Waals surface area (Å²) in [4.78, 5) is 34.9. The number of Topliss-reactive ketones (excluding diaryl/α,β-unsaturated/α-hetero) is 1. The van der Waals surface area contributed by atoms with Gasteiger partial charge in [-0.25, -0.2) is 4.79 Å². The third-order valence-electron chi connectivity index (χ3n) is 1.11. The first kappa shape index (κ1) is 12.6. The quantitative estimate of drug-likeness (QED) is 0.356. The maximum atomic E-state index is 11.1. The van der Waals surface area contributed by atoms with Gasteiger partial charge in [0.1, 0.15) is 12.9 Å². The van der Waals surface area contributed by atoms with Crippen LogP contribution in [0.25, 0.3) is 0 Å². The molecular weight excluding hydrogens is 190 g/mol. The highest BCUT2D eigenvalue weighted by molar-refractivity contribution is 6.39. The number of rotatable bonds is 6. The normalized spacial score (nSPS) is 10.9. The van der Waals surface area contributed by atoms with Crippen molar-refractivity contribution in [3.63, 3.8) is 0 Å². The average molecular weight is 203 g/mol. The molecule has 0 radical (unpaired) electrons. The molecule has 0 bridgehead atoms. The van der Waals surface area contributed by atoms with E-state index in [1.807, 2.05) is 0 Å². The summed E-state index contributed by atoms with van der Waals surface area (Å²) in [6, 6.07) is 0. The van der Waals surface area contributed by atoms with Crippen molar-refractivity contribution in [1.82, 2.24) is 0 Å². The highest BCUT2D eigenvalue weighted by Crippen LogP contribution is 1.94. The lowest BCUT2D eigenvalue weighted by Gasteiger charge is -2.02. The van der Waals surface area contributed by atoms with Gasteiger partial charge in [-0.15, -0.1) is 0 Å². The van der Waals surface area contributed by atoms with Gasteiger partial charge in [-0.1, -0.05) is 5.16 Å². The molecule has 14 heavy (non-hydrogen) atoms. The zero-order chi connectivity index (χ0) is 11.0. The van der Waals surface area contributed by atoms with Crippen LogP contribution in [0.2, 0.25) is 0 Å². The molecule has 6 heteroatoms. The van der Waals surface area contributed by atoms with Crippen LogP contribution in [0.4, 0.5) is 0 Å². The minimum absolute atomic E-state index is 0.117. The van der Waals surface area contributed by atoms with Crippen LogP contribution in [-0.2, 0) is 24.2 Å². The van der Waals surface area contributed by atoms with Crippen molar-refractivity contribution in [3.05, 3.63) is 0 Å². The van der Waals surface area contributed by atoms with E-state index < -0.39 is 5.97 Å². The van der Waals surface area contributed by atoms with E-state index in [9.17, 15) is 9.59 Å². The van der Waals surface area contributed by atoms with Crippen LogP contribution in [0.5, 0.6) is 0 Å². The average Bonchev–Trinajstić information content (AvgIpc) is 2.13. The predicted molar refractivity (Wildman–Crippen MR) is 47.5 cm³/mol. The Bertz CT molecular complexity index is 236. The van der Waals surface area contributed by atoms with E-state index in [1.165, 1.54) is 14.0 Å². The predicted octanol–water partition coefficient (Wildman–Crippen LogP) is 0.463. The standard InChI is InChI=1S/C8H13NO5/c1-4-13-14-8(11)7(9-12-3)5-6(2)10/h4-5H2,1-3H3. The number of oxime groups is 1.